The van der Waals surface area contributed by atoms with Crippen LogP contribution in [0.3, 0.4) is 0 Å². The van der Waals surface area contributed by atoms with Crippen LogP contribution in [0.25, 0.3) is 0 Å². The third-order valence-corrected chi connectivity index (χ3v) is 4.89. The lowest BCUT2D eigenvalue weighted by Crippen LogP contribution is -2.45. The fourth-order valence-electron chi connectivity index (χ4n) is 3.21. The van der Waals surface area contributed by atoms with Crippen LogP contribution in [0, 0.1) is 0 Å². The zero-order chi connectivity index (χ0) is 19.1. The Morgan fingerprint density at radius 2 is 1.96 bits per heavy atom. The van der Waals surface area contributed by atoms with Crippen molar-refractivity contribution in [3.63, 3.8) is 0 Å². The Bertz CT molecular complexity index is 737. The van der Waals surface area contributed by atoms with Gasteiger partial charge >= 0.3 is 0 Å². The fraction of sp³-hybridized carbons (Fsp3) is 0.526. The predicted octanol–water partition coefficient (Wildman–Crippen LogP) is 0.699. The maximum absolute atomic E-state index is 12.4. The molecule has 3 rings (SSSR count). The van der Waals surface area contributed by atoms with Gasteiger partial charge in [-0.1, -0.05) is 23.4 Å². The second-order valence-corrected chi connectivity index (χ2v) is 6.96. The van der Waals surface area contributed by atoms with Gasteiger partial charge in [0.15, 0.2) is 5.69 Å². The highest BCUT2D eigenvalue weighted by atomic mass is 16.2. The van der Waals surface area contributed by atoms with Crippen molar-refractivity contribution in [1.82, 2.24) is 25.2 Å². The summed E-state index contributed by atoms with van der Waals surface area (Å²) in [5.74, 6) is -0.201. The van der Waals surface area contributed by atoms with E-state index in [1.54, 1.807) is 10.9 Å². The molecule has 0 saturated carbocycles. The van der Waals surface area contributed by atoms with Crippen molar-refractivity contribution < 1.29 is 4.79 Å². The topological polar surface area (TPSA) is 92.3 Å². The van der Waals surface area contributed by atoms with Crippen LogP contribution in [0.1, 0.15) is 28.9 Å². The number of nitrogens with one attached hydrogen (secondary N) is 1. The van der Waals surface area contributed by atoms with Crippen molar-refractivity contribution >= 4 is 11.6 Å². The predicted molar refractivity (Wildman–Crippen MR) is 106 cm³/mol. The van der Waals surface area contributed by atoms with E-state index in [-0.39, 0.29) is 5.91 Å². The van der Waals surface area contributed by atoms with Gasteiger partial charge in [0.1, 0.15) is 0 Å². The molecule has 2 aromatic rings. The van der Waals surface area contributed by atoms with E-state index in [0.29, 0.717) is 18.8 Å². The van der Waals surface area contributed by atoms with Gasteiger partial charge < -0.3 is 20.9 Å². The summed E-state index contributed by atoms with van der Waals surface area (Å²) >= 11 is 0. The second-order valence-electron chi connectivity index (χ2n) is 6.96. The minimum atomic E-state index is -0.201. The lowest BCUT2D eigenvalue weighted by atomic mass is 10.1. The van der Waals surface area contributed by atoms with Gasteiger partial charge in [0.25, 0.3) is 5.91 Å². The molecule has 1 aliphatic heterocycles. The quantitative estimate of drug-likeness (QED) is 0.664. The molecule has 2 heterocycles. The molecule has 8 heteroatoms. The first-order valence-corrected chi connectivity index (χ1v) is 9.57. The van der Waals surface area contributed by atoms with Gasteiger partial charge in [-0.25, -0.2) is 0 Å². The van der Waals surface area contributed by atoms with E-state index in [1.165, 1.54) is 5.69 Å². The average Bonchev–Trinajstić information content (AvgIpc) is 3.16. The van der Waals surface area contributed by atoms with E-state index >= 15 is 0 Å². The van der Waals surface area contributed by atoms with Crippen molar-refractivity contribution in [3.05, 3.63) is 41.7 Å². The molecule has 0 aliphatic carbocycles. The van der Waals surface area contributed by atoms with Crippen LogP contribution in [0.15, 0.2) is 30.5 Å². The van der Waals surface area contributed by atoms with E-state index in [9.17, 15) is 4.79 Å². The highest BCUT2D eigenvalue weighted by molar-refractivity contribution is 5.91. The number of unbranched alkanes of at least 4 members (excludes halogenated alkanes) is 1. The third-order valence-electron chi connectivity index (χ3n) is 4.89. The van der Waals surface area contributed by atoms with Crippen molar-refractivity contribution in [1.29, 1.82) is 0 Å². The molecule has 0 radical (unpaired) electrons. The molecular formula is C19H29N7O. The lowest BCUT2D eigenvalue weighted by molar-refractivity contribution is 0.0946. The molecule has 146 valence electrons. The number of likely N-dealkylation sites (N-methyl/N-ethyl adjacent to an activating group) is 1. The molecule has 0 bridgehead atoms. The highest BCUT2D eigenvalue weighted by Gasteiger charge is 2.17. The first-order chi connectivity index (χ1) is 13.2. The number of nitrogens with two attached hydrogens (primary N) is 1. The number of para-hydroxylation sites is 1. The van der Waals surface area contributed by atoms with Crippen molar-refractivity contribution in [3.8, 4) is 0 Å². The first-order valence-electron chi connectivity index (χ1n) is 9.57. The Labute approximate surface area is 160 Å². The Kier molecular flexibility index (Phi) is 6.78. The number of carbonyl (C=O) groups excluding carboxylic acids is 1. The standard InChI is InChI=1S/C19H29N7O/c1-24-10-12-25(13-11-24)18-7-3-2-6-16(18)14-21-19(27)17-15-26(23-22-17)9-5-4-8-20/h2-3,6-7,15H,4-5,8-14,20H2,1H3,(H,21,27). The van der Waals surface area contributed by atoms with Gasteiger partial charge in [-0.15, -0.1) is 5.10 Å². The molecule has 1 aliphatic rings. The number of anilines is 1. The number of aryl methyl sites for hydroxylation is 1. The normalized spacial score (nSPS) is 15.1. The third kappa shape index (κ3) is 5.27. The van der Waals surface area contributed by atoms with Crippen molar-refractivity contribution in [2.24, 2.45) is 5.73 Å². The van der Waals surface area contributed by atoms with E-state index < -0.39 is 0 Å². The zero-order valence-corrected chi connectivity index (χ0v) is 16.0. The lowest BCUT2D eigenvalue weighted by Gasteiger charge is -2.35. The molecule has 0 unspecified atom stereocenters. The number of carbonyl (C=O) groups is 1. The Morgan fingerprint density at radius 1 is 1.19 bits per heavy atom. The van der Waals surface area contributed by atoms with Crippen LogP contribution in [0.5, 0.6) is 0 Å². The maximum atomic E-state index is 12.4. The van der Waals surface area contributed by atoms with E-state index in [4.69, 9.17) is 5.73 Å². The van der Waals surface area contributed by atoms with E-state index in [1.807, 2.05) is 12.1 Å². The number of aromatic nitrogens is 3. The number of hydrogen-bond acceptors (Lipinski definition) is 6. The van der Waals surface area contributed by atoms with Gasteiger partial charge in [-0.2, -0.15) is 0 Å². The SMILES string of the molecule is CN1CCN(c2ccccc2CNC(=O)c2cn(CCCCN)nn2)CC1. The second kappa shape index (κ2) is 9.48. The van der Waals surface area contributed by atoms with Gasteiger partial charge in [0.05, 0.1) is 6.20 Å². The number of benzene rings is 1. The van der Waals surface area contributed by atoms with E-state index in [0.717, 1.165) is 51.1 Å². The van der Waals surface area contributed by atoms with Crippen LogP contribution in [0.2, 0.25) is 0 Å². The Balaban J connectivity index is 1.57. The summed E-state index contributed by atoms with van der Waals surface area (Å²) in [4.78, 5) is 17.1. The van der Waals surface area contributed by atoms with Gasteiger partial charge in [-0.3, -0.25) is 9.48 Å². The molecule has 3 N–H and O–H groups in total. The summed E-state index contributed by atoms with van der Waals surface area (Å²) in [7, 11) is 2.15. The highest BCUT2D eigenvalue weighted by Crippen LogP contribution is 2.21. The summed E-state index contributed by atoms with van der Waals surface area (Å²) in [5.41, 5.74) is 8.15. The molecular weight excluding hydrogens is 342 g/mol. The average molecular weight is 371 g/mol. The molecule has 1 amide bonds. The number of hydrogen-bond donors (Lipinski definition) is 2. The van der Waals surface area contributed by atoms with Gasteiger partial charge in [-0.05, 0) is 38.1 Å². The molecule has 1 saturated heterocycles. The summed E-state index contributed by atoms with van der Waals surface area (Å²) in [6.45, 7) is 5.96. The van der Waals surface area contributed by atoms with Gasteiger partial charge in [0.2, 0.25) is 0 Å². The van der Waals surface area contributed by atoms with Crippen LogP contribution < -0.4 is 16.0 Å². The molecule has 1 fully saturated rings. The van der Waals surface area contributed by atoms with Crippen molar-refractivity contribution in [2.45, 2.75) is 25.9 Å². The zero-order valence-electron chi connectivity index (χ0n) is 16.0. The van der Waals surface area contributed by atoms with Gasteiger partial charge in [0, 0.05) is 45.0 Å². The number of piperazine rings is 1. The van der Waals surface area contributed by atoms with Crippen LogP contribution >= 0.6 is 0 Å². The van der Waals surface area contributed by atoms with Crippen LogP contribution in [-0.4, -0.2) is 65.6 Å². The number of nitrogens with zero attached hydrogens (tertiary/aromatic N) is 5. The van der Waals surface area contributed by atoms with E-state index in [2.05, 4.69) is 44.6 Å². The smallest absolute Gasteiger partial charge is 0.273 e. The molecule has 1 aromatic heterocycles. The summed E-state index contributed by atoms with van der Waals surface area (Å²) in [6, 6.07) is 8.25. The molecule has 8 nitrogen and oxygen atoms in total. The largest absolute Gasteiger partial charge is 0.369 e. The molecule has 0 atom stereocenters. The maximum Gasteiger partial charge on any atom is 0.273 e. The minimum Gasteiger partial charge on any atom is -0.369 e. The number of amides is 1. The monoisotopic (exact) mass is 371 g/mol. The van der Waals surface area contributed by atoms with Crippen molar-refractivity contribution in [2.75, 3.05) is 44.7 Å². The number of rotatable bonds is 8. The molecule has 0 spiro atoms. The minimum absolute atomic E-state index is 0.201. The Morgan fingerprint density at radius 3 is 2.74 bits per heavy atom. The van der Waals surface area contributed by atoms with Crippen LogP contribution in [-0.2, 0) is 13.1 Å². The van der Waals surface area contributed by atoms with Crippen LogP contribution in [0.4, 0.5) is 5.69 Å². The first kappa shape index (κ1) is 19.3. The Hall–Kier alpha value is -2.45. The summed E-state index contributed by atoms with van der Waals surface area (Å²) < 4.78 is 1.70. The summed E-state index contributed by atoms with van der Waals surface area (Å²) in [6.07, 6.45) is 3.56. The fourth-order valence-corrected chi connectivity index (χ4v) is 3.21. The summed E-state index contributed by atoms with van der Waals surface area (Å²) in [5, 5.41) is 11.0. The molecule has 27 heavy (non-hydrogen) atoms. The molecule has 1 aromatic carbocycles.